The van der Waals surface area contributed by atoms with E-state index in [2.05, 4.69) is 28.3 Å². The van der Waals surface area contributed by atoms with E-state index in [9.17, 15) is 0 Å². The predicted molar refractivity (Wildman–Crippen MR) is 60.9 cm³/mol. The maximum Gasteiger partial charge on any atom is 0.0972 e. The van der Waals surface area contributed by atoms with Crippen LogP contribution in [0.1, 0.15) is 11.7 Å². The van der Waals surface area contributed by atoms with Crippen LogP contribution in [-0.2, 0) is 0 Å². The number of hydrogen-bond acceptors (Lipinski definition) is 4. The van der Waals surface area contributed by atoms with Gasteiger partial charge in [0.05, 0.1) is 6.17 Å². The highest BCUT2D eigenvalue weighted by molar-refractivity contribution is 7.17. The first kappa shape index (κ1) is 9.61. The molecule has 2 rings (SSSR count). The molecule has 1 aromatic heterocycles. The summed E-state index contributed by atoms with van der Waals surface area (Å²) < 4.78 is 1.29. The highest BCUT2D eigenvalue weighted by Crippen LogP contribution is 2.28. The van der Waals surface area contributed by atoms with Gasteiger partial charge in [0.15, 0.2) is 0 Å². The van der Waals surface area contributed by atoms with Crippen molar-refractivity contribution in [1.82, 2.24) is 10.7 Å². The third kappa shape index (κ3) is 1.53. The van der Waals surface area contributed by atoms with Crippen LogP contribution in [0, 0.1) is 0 Å². The van der Waals surface area contributed by atoms with Gasteiger partial charge in [0, 0.05) is 10.3 Å². The largest absolute Gasteiger partial charge is 0.300 e. The van der Waals surface area contributed by atoms with Crippen LogP contribution < -0.4 is 16.6 Å². The third-order valence-electron chi connectivity index (χ3n) is 2.28. The Kier molecular flexibility index (Phi) is 2.79. The second-order valence-electron chi connectivity index (χ2n) is 3.08. The average molecular weight is 207 g/mol. The molecule has 4 N–H and O–H groups in total. The fourth-order valence-corrected chi connectivity index (χ4v) is 2.54. The zero-order chi connectivity index (χ0) is 9.97. The average Bonchev–Trinajstić information content (AvgIpc) is 2.65. The molecule has 0 radical (unpaired) electrons. The van der Waals surface area contributed by atoms with Gasteiger partial charge >= 0.3 is 0 Å². The Morgan fingerprint density at radius 3 is 2.86 bits per heavy atom. The van der Waals surface area contributed by atoms with E-state index in [1.807, 2.05) is 19.2 Å². The molecule has 1 atom stereocenters. The van der Waals surface area contributed by atoms with Crippen molar-refractivity contribution >= 4 is 21.4 Å². The maximum absolute atomic E-state index is 5.46. The summed E-state index contributed by atoms with van der Waals surface area (Å²) in [5.74, 6) is 5.46. The number of hydrazine groups is 1. The Labute approximate surface area is 86.9 Å². The molecule has 4 heteroatoms. The number of nitrogens with two attached hydrogens (primary N) is 1. The first-order valence-electron chi connectivity index (χ1n) is 4.46. The zero-order valence-corrected chi connectivity index (χ0v) is 8.77. The minimum Gasteiger partial charge on any atom is -0.300 e. The summed E-state index contributed by atoms with van der Waals surface area (Å²) in [6, 6.07) is 8.32. The molecule has 0 saturated heterocycles. The highest BCUT2D eigenvalue weighted by Gasteiger charge is 2.11. The molecule has 3 nitrogen and oxygen atoms in total. The zero-order valence-electron chi connectivity index (χ0n) is 7.95. The van der Waals surface area contributed by atoms with E-state index >= 15 is 0 Å². The molecule has 0 fully saturated rings. The highest BCUT2D eigenvalue weighted by atomic mass is 32.1. The van der Waals surface area contributed by atoms with Crippen molar-refractivity contribution in [3.63, 3.8) is 0 Å². The topological polar surface area (TPSA) is 50.1 Å². The van der Waals surface area contributed by atoms with Gasteiger partial charge in [-0.25, -0.2) is 5.43 Å². The lowest BCUT2D eigenvalue weighted by molar-refractivity contribution is 0.493. The molecule has 74 valence electrons. The first-order valence-corrected chi connectivity index (χ1v) is 5.34. The van der Waals surface area contributed by atoms with Gasteiger partial charge in [0.25, 0.3) is 0 Å². The summed E-state index contributed by atoms with van der Waals surface area (Å²) in [5.41, 5.74) is 3.95. The lowest BCUT2D eigenvalue weighted by Crippen LogP contribution is -2.36. The molecular weight excluding hydrogens is 194 g/mol. The standard InChI is InChI=1S/C10H13N3S/c1-12-10(13-11)8-6-14-9-5-3-2-4-7(8)9/h2-6,10,12-13H,11H2,1H3. The number of nitrogens with one attached hydrogen (secondary N) is 2. The van der Waals surface area contributed by atoms with Gasteiger partial charge in [-0.2, -0.15) is 0 Å². The summed E-state index contributed by atoms with van der Waals surface area (Å²) in [7, 11) is 1.89. The molecular formula is C10H13N3S. The van der Waals surface area contributed by atoms with Crippen LogP contribution in [0.5, 0.6) is 0 Å². The Bertz CT molecular complexity index is 420. The third-order valence-corrected chi connectivity index (χ3v) is 3.26. The molecule has 0 aliphatic carbocycles. The van der Waals surface area contributed by atoms with Crippen LogP contribution >= 0.6 is 11.3 Å². The summed E-state index contributed by atoms with van der Waals surface area (Å²) in [4.78, 5) is 0. The van der Waals surface area contributed by atoms with Crippen molar-refractivity contribution in [1.29, 1.82) is 0 Å². The Hall–Kier alpha value is -0.940. The van der Waals surface area contributed by atoms with Gasteiger partial charge in [-0.1, -0.05) is 18.2 Å². The van der Waals surface area contributed by atoms with Crippen LogP contribution in [0.2, 0.25) is 0 Å². The molecule has 1 heterocycles. The normalized spacial score (nSPS) is 13.3. The number of hydrogen-bond donors (Lipinski definition) is 3. The van der Waals surface area contributed by atoms with Gasteiger partial charge in [0.2, 0.25) is 0 Å². The van der Waals surface area contributed by atoms with Crippen molar-refractivity contribution in [3.05, 3.63) is 35.2 Å². The second-order valence-corrected chi connectivity index (χ2v) is 3.99. The lowest BCUT2D eigenvalue weighted by atomic mass is 10.1. The van der Waals surface area contributed by atoms with Gasteiger partial charge in [-0.15, -0.1) is 11.3 Å². The van der Waals surface area contributed by atoms with Gasteiger partial charge in [-0.05, 0) is 23.9 Å². The van der Waals surface area contributed by atoms with Crippen molar-refractivity contribution in [2.45, 2.75) is 6.17 Å². The SMILES string of the molecule is CNC(NN)c1csc2ccccc12. The number of rotatable bonds is 3. The van der Waals surface area contributed by atoms with Crippen molar-refractivity contribution < 1.29 is 0 Å². The van der Waals surface area contributed by atoms with Crippen LogP contribution in [0.15, 0.2) is 29.6 Å². The summed E-state index contributed by atoms with van der Waals surface area (Å²) in [6.07, 6.45) is 0.0196. The van der Waals surface area contributed by atoms with E-state index < -0.39 is 0 Å². The Balaban J connectivity index is 2.51. The van der Waals surface area contributed by atoms with E-state index in [1.54, 1.807) is 11.3 Å². The number of benzene rings is 1. The van der Waals surface area contributed by atoms with E-state index in [1.165, 1.54) is 15.6 Å². The molecule has 0 saturated carbocycles. The van der Waals surface area contributed by atoms with Crippen LogP contribution in [0.25, 0.3) is 10.1 Å². The molecule has 0 aliphatic heterocycles. The number of thiophene rings is 1. The van der Waals surface area contributed by atoms with Crippen LogP contribution in [-0.4, -0.2) is 7.05 Å². The fourth-order valence-electron chi connectivity index (χ4n) is 1.55. The van der Waals surface area contributed by atoms with Crippen molar-refractivity contribution in [3.8, 4) is 0 Å². The molecule has 1 unspecified atom stereocenters. The van der Waals surface area contributed by atoms with Gasteiger partial charge < -0.3 is 5.32 Å². The summed E-state index contributed by atoms with van der Waals surface area (Å²) >= 11 is 1.74. The number of fused-ring (bicyclic) bond motifs is 1. The Morgan fingerprint density at radius 1 is 1.36 bits per heavy atom. The van der Waals surface area contributed by atoms with E-state index in [-0.39, 0.29) is 6.17 Å². The molecule has 0 bridgehead atoms. The molecule has 1 aromatic carbocycles. The lowest BCUT2D eigenvalue weighted by Gasteiger charge is -2.13. The quantitative estimate of drug-likeness (QED) is 0.407. The molecule has 14 heavy (non-hydrogen) atoms. The summed E-state index contributed by atoms with van der Waals surface area (Å²) in [5, 5.41) is 6.51. The van der Waals surface area contributed by atoms with Crippen molar-refractivity contribution in [2.24, 2.45) is 5.84 Å². The molecule has 0 amide bonds. The second kappa shape index (κ2) is 4.06. The van der Waals surface area contributed by atoms with E-state index in [0.717, 1.165) is 0 Å². The van der Waals surface area contributed by atoms with Crippen molar-refractivity contribution in [2.75, 3.05) is 7.05 Å². The maximum atomic E-state index is 5.46. The first-order chi connectivity index (χ1) is 6.86. The molecule has 2 aromatic rings. The minimum absolute atomic E-state index is 0.0196. The monoisotopic (exact) mass is 207 g/mol. The fraction of sp³-hybridized carbons (Fsp3) is 0.200. The molecule has 0 aliphatic rings. The van der Waals surface area contributed by atoms with Gasteiger partial charge in [0.1, 0.15) is 0 Å². The Morgan fingerprint density at radius 2 is 2.14 bits per heavy atom. The van der Waals surface area contributed by atoms with Gasteiger partial charge in [-0.3, -0.25) is 5.84 Å². The summed E-state index contributed by atoms with van der Waals surface area (Å²) in [6.45, 7) is 0. The molecule has 0 spiro atoms. The minimum atomic E-state index is 0.0196. The van der Waals surface area contributed by atoms with Crippen LogP contribution in [0.3, 0.4) is 0 Å². The predicted octanol–water partition coefficient (Wildman–Crippen LogP) is 1.58. The van der Waals surface area contributed by atoms with E-state index in [0.29, 0.717) is 0 Å². The van der Waals surface area contributed by atoms with Crippen LogP contribution in [0.4, 0.5) is 0 Å². The van der Waals surface area contributed by atoms with E-state index in [4.69, 9.17) is 5.84 Å². The smallest absolute Gasteiger partial charge is 0.0972 e.